The number of benzene rings is 1. The van der Waals surface area contributed by atoms with Crippen LogP contribution in [-0.4, -0.2) is 97.9 Å². The van der Waals surface area contributed by atoms with Crippen molar-refractivity contribution in [1.82, 2.24) is 15.2 Å². The Morgan fingerprint density at radius 3 is 2.21 bits per heavy atom. The first-order valence-corrected chi connectivity index (χ1v) is 13.6. The molecule has 2 aliphatic heterocycles. The Balaban J connectivity index is 0.000000646. The number of methoxy groups -OCH3 is 1. The van der Waals surface area contributed by atoms with Gasteiger partial charge in [0, 0.05) is 44.8 Å². The number of nitrogens with one attached hydrogen (secondary N) is 2. The highest BCUT2D eigenvalue weighted by Crippen LogP contribution is 2.27. The van der Waals surface area contributed by atoms with Gasteiger partial charge in [0.05, 0.1) is 37.1 Å². The molecule has 3 heterocycles. The van der Waals surface area contributed by atoms with Gasteiger partial charge < -0.3 is 35.0 Å². The van der Waals surface area contributed by atoms with Crippen LogP contribution in [0.1, 0.15) is 40.5 Å². The lowest BCUT2D eigenvalue weighted by molar-refractivity contribution is -0.192. The average Bonchev–Trinajstić information content (AvgIpc) is 3.01. The van der Waals surface area contributed by atoms with Gasteiger partial charge in [-0.05, 0) is 50.1 Å². The third-order valence-corrected chi connectivity index (χ3v) is 6.77. The topological polar surface area (TPSA) is 150 Å². The number of carboxylic acid groups (broad SMARTS) is 1. The van der Waals surface area contributed by atoms with Crippen molar-refractivity contribution in [2.24, 2.45) is 5.92 Å². The number of ether oxygens (including phenoxy) is 2. The van der Waals surface area contributed by atoms with E-state index in [0.717, 1.165) is 26.2 Å². The molecule has 0 saturated carbocycles. The fraction of sp³-hybridized carbons (Fsp3) is 0.464. The zero-order chi connectivity index (χ0) is 31.6. The van der Waals surface area contributed by atoms with E-state index in [-0.39, 0.29) is 23.7 Å². The number of hydrogen-bond donors (Lipinski definition) is 3. The molecule has 43 heavy (non-hydrogen) atoms. The molecule has 1 aromatic carbocycles. The number of pyridine rings is 1. The largest absolute Gasteiger partial charge is 0.497 e. The van der Waals surface area contributed by atoms with E-state index in [1.54, 1.807) is 55.5 Å². The van der Waals surface area contributed by atoms with Crippen LogP contribution in [0.15, 0.2) is 36.5 Å². The first-order valence-electron chi connectivity index (χ1n) is 13.6. The fourth-order valence-corrected chi connectivity index (χ4v) is 4.51. The van der Waals surface area contributed by atoms with Crippen LogP contribution in [0.3, 0.4) is 0 Å². The highest BCUT2D eigenvalue weighted by Gasteiger charge is 2.38. The van der Waals surface area contributed by atoms with E-state index in [1.165, 1.54) is 0 Å². The van der Waals surface area contributed by atoms with Crippen LogP contribution in [0.2, 0.25) is 0 Å². The molecule has 15 heteroatoms. The molecule has 0 unspecified atom stereocenters. The summed E-state index contributed by atoms with van der Waals surface area (Å²) in [6.07, 6.45) is -2.37. The maximum absolute atomic E-state index is 13.6. The summed E-state index contributed by atoms with van der Waals surface area (Å²) in [5.74, 6) is -2.33. The Morgan fingerprint density at radius 2 is 1.67 bits per heavy atom. The van der Waals surface area contributed by atoms with Gasteiger partial charge in [-0.3, -0.25) is 14.4 Å². The molecule has 0 aliphatic carbocycles. The number of hydrogen-bond acceptors (Lipinski definition) is 9. The SMILES string of the molecule is CCOC(=O)C1CCN(C(=O)c2cc(NC(=O)c3ccc(OC)cc3)cnc2N2CCNCC2)CC1.O=C(O)C(F)(F)F. The number of anilines is 2. The molecule has 1 aromatic heterocycles. The summed E-state index contributed by atoms with van der Waals surface area (Å²) in [4.78, 5) is 55.9. The first-order chi connectivity index (χ1) is 20.4. The van der Waals surface area contributed by atoms with Crippen molar-refractivity contribution in [3.8, 4) is 5.75 Å². The van der Waals surface area contributed by atoms with E-state index in [1.807, 2.05) is 0 Å². The Hall–Kier alpha value is -4.40. The van der Waals surface area contributed by atoms with Gasteiger partial charge in [-0.25, -0.2) is 9.78 Å². The lowest BCUT2D eigenvalue weighted by Gasteiger charge is -2.33. The maximum atomic E-state index is 13.6. The number of esters is 1. The summed E-state index contributed by atoms with van der Waals surface area (Å²) < 4.78 is 42.0. The molecule has 2 amide bonds. The number of amides is 2. The van der Waals surface area contributed by atoms with Crippen molar-refractivity contribution in [2.45, 2.75) is 25.9 Å². The van der Waals surface area contributed by atoms with Crippen molar-refractivity contribution < 1.29 is 46.9 Å². The van der Waals surface area contributed by atoms with Gasteiger partial charge in [0.1, 0.15) is 11.6 Å². The molecule has 2 fully saturated rings. The predicted molar refractivity (Wildman–Crippen MR) is 149 cm³/mol. The smallest absolute Gasteiger partial charge is 0.490 e. The zero-order valence-corrected chi connectivity index (χ0v) is 23.8. The Kier molecular flexibility index (Phi) is 11.7. The molecule has 12 nitrogen and oxygen atoms in total. The van der Waals surface area contributed by atoms with E-state index >= 15 is 0 Å². The molecule has 0 spiro atoms. The van der Waals surface area contributed by atoms with Gasteiger partial charge in [0.2, 0.25) is 0 Å². The van der Waals surface area contributed by atoms with Crippen molar-refractivity contribution in [3.63, 3.8) is 0 Å². The van der Waals surface area contributed by atoms with E-state index in [0.29, 0.717) is 60.9 Å². The van der Waals surface area contributed by atoms with Gasteiger partial charge in [-0.15, -0.1) is 0 Å². The second kappa shape index (κ2) is 15.2. The minimum Gasteiger partial charge on any atom is -0.497 e. The quantitative estimate of drug-likeness (QED) is 0.400. The molecule has 0 radical (unpaired) electrons. The predicted octanol–water partition coefficient (Wildman–Crippen LogP) is 2.80. The summed E-state index contributed by atoms with van der Waals surface area (Å²) in [6.45, 7) is 6.14. The van der Waals surface area contributed by atoms with Crippen LogP contribution < -0.4 is 20.3 Å². The molecule has 3 N–H and O–H groups in total. The number of nitrogens with zero attached hydrogens (tertiary/aromatic N) is 3. The number of halogens is 3. The van der Waals surface area contributed by atoms with Gasteiger partial charge in [-0.1, -0.05) is 0 Å². The average molecular weight is 610 g/mol. The monoisotopic (exact) mass is 609 g/mol. The van der Waals surface area contributed by atoms with Crippen molar-refractivity contribution in [2.75, 3.05) is 63.2 Å². The van der Waals surface area contributed by atoms with E-state index < -0.39 is 12.1 Å². The van der Waals surface area contributed by atoms with Gasteiger partial charge in [-0.2, -0.15) is 13.2 Å². The number of carbonyl (C=O) groups excluding carboxylic acids is 3. The number of carbonyl (C=O) groups is 4. The van der Waals surface area contributed by atoms with Gasteiger partial charge in [0.15, 0.2) is 0 Å². The van der Waals surface area contributed by atoms with Crippen LogP contribution in [0.5, 0.6) is 5.75 Å². The number of carboxylic acids is 1. The van der Waals surface area contributed by atoms with E-state index in [4.69, 9.17) is 19.4 Å². The number of rotatable bonds is 7. The standard InChI is InChI=1S/C26H33N5O5.C2HF3O2/c1-3-36-26(34)19-8-12-31(13-9-19)25(33)22-16-20(17-28-23(22)30-14-10-27-11-15-30)29-24(32)18-4-6-21(35-2)7-5-18;3-2(4,5)1(6)7/h4-7,16-17,19,27H,3,8-15H2,1-2H3,(H,29,32);(H,6,7). The number of piperazine rings is 1. The molecule has 4 rings (SSSR count). The van der Waals surface area contributed by atoms with Gasteiger partial charge >= 0.3 is 18.1 Å². The summed E-state index contributed by atoms with van der Waals surface area (Å²) in [5.41, 5.74) is 1.36. The number of alkyl halides is 3. The summed E-state index contributed by atoms with van der Waals surface area (Å²) in [5, 5.41) is 13.3. The Morgan fingerprint density at radius 1 is 1.07 bits per heavy atom. The number of aliphatic carboxylic acids is 1. The summed E-state index contributed by atoms with van der Waals surface area (Å²) in [7, 11) is 1.57. The second-order valence-electron chi connectivity index (χ2n) is 9.64. The zero-order valence-electron chi connectivity index (χ0n) is 23.8. The summed E-state index contributed by atoms with van der Waals surface area (Å²) >= 11 is 0. The highest BCUT2D eigenvalue weighted by atomic mass is 19.4. The molecular formula is C28H34F3N5O7. The maximum Gasteiger partial charge on any atom is 0.490 e. The molecular weight excluding hydrogens is 575 g/mol. The third-order valence-electron chi connectivity index (χ3n) is 6.77. The molecule has 2 aromatic rings. The highest BCUT2D eigenvalue weighted by molar-refractivity contribution is 6.06. The fourth-order valence-electron chi connectivity index (χ4n) is 4.51. The minimum atomic E-state index is -5.08. The van der Waals surface area contributed by atoms with E-state index in [2.05, 4.69) is 20.5 Å². The lowest BCUT2D eigenvalue weighted by atomic mass is 9.96. The molecule has 0 bridgehead atoms. The van der Waals surface area contributed by atoms with Crippen molar-refractivity contribution >= 4 is 35.3 Å². The molecule has 234 valence electrons. The van der Waals surface area contributed by atoms with Crippen LogP contribution in [0.25, 0.3) is 0 Å². The molecule has 0 atom stereocenters. The van der Waals surface area contributed by atoms with Crippen LogP contribution >= 0.6 is 0 Å². The number of likely N-dealkylation sites (tertiary alicyclic amines) is 1. The lowest BCUT2D eigenvalue weighted by Crippen LogP contribution is -2.45. The van der Waals surface area contributed by atoms with Crippen LogP contribution in [0.4, 0.5) is 24.7 Å². The van der Waals surface area contributed by atoms with Crippen molar-refractivity contribution in [3.05, 3.63) is 47.7 Å². The van der Waals surface area contributed by atoms with Crippen LogP contribution in [0, 0.1) is 5.92 Å². The number of aromatic nitrogens is 1. The summed E-state index contributed by atoms with van der Waals surface area (Å²) in [6, 6.07) is 8.49. The molecule has 2 saturated heterocycles. The third kappa shape index (κ3) is 9.30. The Labute approximate surface area is 246 Å². The van der Waals surface area contributed by atoms with Crippen molar-refractivity contribution in [1.29, 1.82) is 0 Å². The first kappa shape index (κ1) is 33.1. The number of piperidine rings is 1. The second-order valence-corrected chi connectivity index (χ2v) is 9.64. The normalized spacial score (nSPS) is 15.6. The van der Waals surface area contributed by atoms with Gasteiger partial charge in [0.25, 0.3) is 11.8 Å². The Bertz CT molecular complexity index is 1280. The van der Waals surface area contributed by atoms with Crippen LogP contribution in [-0.2, 0) is 14.3 Å². The minimum absolute atomic E-state index is 0.154. The molecule has 2 aliphatic rings. The van der Waals surface area contributed by atoms with E-state index in [9.17, 15) is 27.6 Å².